The molecule has 6 rings (SSSR count). The molecular weight excluding hydrogens is 651 g/mol. The first-order valence-corrected chi connectivity index (χ1v) is 19.5. The van der Waals surface area contributed by atoms with Crippen molar-refractivity contribution in [3.63, 3.8) is 0 Å². The average molecular weight is 686 g/mol. The molecule has 9 nitrogen and oxygen atoms in total. The third-order valence-electron chi connectivity index (χ3n) is 7.56. The fourth-order valence-electron chi connectivity index (χ4n) is 5.36. The van der Waals surface area contributed by atoms with Crippen molar-refractivity contribution in [1.82, 2.24) is 4.98 Å². The fraction of sp³-hybridized carbons (Fsp3) is 0.200. The number of primary amides is 1. The van der Waals surface area contributed by atoms with E-state index in [1.54, 1.807) is 12.1 Å². The number of H-pyrrole nitrogens is 1. The van der Waals surface area contributed by atoms with E-state index < -0.39 is 18.9 Å². The molecule has 0 saturated carbocycles. The molecule has 0 spiro atoms. The van der Waals surface area contributed by atoms with Crippen LogP contribution in [0.4, 0.5) is 0 Å². The van der Waals surface area contributed by atoms with E-state index in [0.29, 0.717) is 30.4 Å². The zero-order valence-corrected chi connectivity index (χ0v) is 28.7. The number of rotatable bonds is 13. The maximum atomic E-state index is 11.9. The molecule has 47 heavy (non-hydrogen) atoms. The summed E-state index contributed by atoms with van der Waals surface area (Å²) in [6, 6.07) is 32.6. The third kappa shape index (κ3) is 8.14. The number of thioether (sulfide) groups is 1. The van der Waals surface area contributed by atoms with Crippen LogP contribution in [0, 0.1) is 0 Å². The summed E-state index contributed by atoms with van der Waals surface area (Å²) < 4.78 is 43.2. The minimum Gasteiger partial charge on any atom is -0.486 e. The van der Waals surface area contributed by atoms with Crippen LogP contribution in [0.15, 0.2) is 113 Å². The molecule has 12 heteroatoms. The maximum Gasteiger partial charge on any atom is 0.240 e. The van der Waals surface area contributed by atoms with Gasteiger partial charge < -0.3 is 24.6 Å². The van der Waals surface area contributed by atoms with Crippen molar-refractivity contribution in [2.24, 2.45) is 10.7 Å². The van der Waals surface area contributed by atoms with Gasteiger partial charge in [0.2, 0.25) is 14.9 Å². The summed E-state index contributed by atoms with van der Waals surface area (Å²) in [5.74, 6) is 1.23. The van der Waals surface area contributed by atoms with E-state index in [0.717, 1.165) is 21.6 Å². The van der Waals surface area contributed by atoms with Crippen LogP contribution in [0.1, 0.15) is 19.0 Å². The zero-order chi connectivity index (χ0) is 33.0. The predicted molar refractivity (Wildman–Crippen MR) is 190 cm³/mol. The number of amides is 1. The van der Waals surface area contributed by atoms with Crippen molar-refractivity contribution < 1.29 is 27.1 Å². The van der Waals surface area contributed by atoms with Crippen molar-refractivity contribution in [3.8, 4) is 17.2 Å². The minimum absolute atomic E-state index is 0.00180. The molecular formula is C35H35N3O6S2Si. The quantitative estimate of drug-likeness (QED) is 0.175. The zero-order valence-electron chi connectivity index (χ0n) is 26.0. The van der Waals surface area contributed by atoms with Gasteiger partial charge in [0.1, 0.15) is 28.4 Å². The standard InChI is InChI=1S/C35H35N3O6S2Si/c1-23(22-42-47(29-9-5-3-6-10-29)30-11-7-4-8-12-30)43-32-19-26(44-25-13-15-28(16-14-25)46(2,40)41)17-24-18-31(38-34(24)32)35-37-21-27(45-35)20-33(36)39/h3-19,23,27,38,47H,20-22H2,1-2H3,(H2,36,39). The van der Waals surface area contributed by atoms with Gasteiger partial charge in [0.05, 0.1) is 29.3 Å². The first kappa shape index (κ1) is 32.6. The van der Waals surface area contributed by atoms with Crippen LogP contribution in [0.3, 0.4) is 0 Å². The maximum absolute atomic E-state index is 11.9. The number of sulfone groups is 1. The van der Waals surface area contributed by atoms with Gasteiger partial charge in [-0.3, -0.25) is 9.79 Å². The molecule has 5 aromatic rings. The molecule has 0 fully saturated rings. The Kier molecular flexibility index (Phi) is 9.83. The van der Waals surface area contributed by atoms with Gasteiger partial charge in [0.15, 0.2) is 9.84 Å². The number of hydrogen-bond acceptors (Lipinski definition) is 8. The molecule has 1 aliphatic heterocycles. The number of aromatic amines is 1. The van der Waals surface area contributed by atoms with Crippen molar-refractivity contribution >= 4 is 62.9 Å². The Hall–Kier alpha value is -4.36. The first-order chi connectivity index (χ1) is 22.6. The van der Waals surface area contributed by atoms with Crippen molar-refractivity contribution in [2.75, 3.05) is 19.4 Å². The van der Waals surface area contributed by atoms with Crippen LogP contribution in [-0.2, 0) is 19.1 Å². The van der Waals surface area contributed by atoms with E-state index in [9.17, 15) is 13.2 Å². The number of carbonyl (C=O) groups excluding carboxylic acids is 1. The summed E-state index contributed by atoms with van der Waals surface area (Å²) in [6.07, 6.45) is 1.12. The normalized spacial score (nSPS) is 15.5. The number of nitrogens with one attached hydrogen (secondary N) is 1. The van der Waals surface area contributed by atoms with Crippen LogP contribution >= 0.6 is 11.8 Å². The largest absolute Gasteiger partial charge is 0.486 e. The molecule has 3 N–H and O–H groups in total. The topological polar surface area (TPSA) is 133 Å². The highest BCUT2D eigenvalue weighted by Crippen LogP contribution is 2.37. The number of ether oxygens (including phenoxy) is 2. The summed E-state index contributed by atoms with van der Waals surface area (Å²) in [5.41, 5.74) is 7.00. The summed E-state index contributed by atoms with van der Waals surface area (Å²) in [4.78, 5) is 19.8. The molecule has 242 valence electrons. The van der Waals surface area contributed by atoms with E-state index in [4.69, 9.17) is 19.6 Å². The second kappa shape index (κ2) is 14.2. The molecule has 0 bridgehead atoms. The Morgan fingerprint density at radius 1 is 0.979 bits per heavy atom. The van der Waals surface area contributed by atoms with Gasteiger partial charge >= 0.3 is 0 Å². The van der Waals surface area contributed by atoms with Gasteiger partial charge in [-0.2, -0.15) is 0 Å². The van der Waals surface area contributed by atoms with Gasteiger partial charge in [-0.25, -0.2) is 8.42 Å². The number of aliphatic imine (C=N–C) groups is 1. The Morgan fingerprint density at radius 3 is 2.26 bits per heavy atom. The van der Waals surface area contributed by atoms with Crippen molar-refractivity contribution in [3.05, 3.63) is 109 Å². The lowest BCUT2D eigenvalue weighted by Gasteiger charge is -2.21. The highest BCUT2D eigenvalue weighted by atomic mass is 32.2. The molecule has 1 amide bonds. The third-order valence-corrected chi connectivity index (χ3v) is 12.4. The first-order valence-electron chi connectivity index (χ1n) is 15.1. The molecule has 0 radical (unpaired) electrons. The highest BCUT2D eigenvalue weighted by molar-refractivity contribution is 8.15. The van der Waals surface area contributed by atoms with Crippen LogP contribution < -0.4 is 25.6 Å². The van der Waals surface area contributed by atoms with E-state index in [1.165, 1.54) is 40.5 Å². The average Bonchev–Trinajstić information content (AvgIpc) is 3.69. The number of benzene rings is 4. The van der Waals surface area contributed by atoms with Gasteiger partial charge in [-0.1, -0.05) is 72.4 Å². The lowest BCUT2D eigenvalue weighted by Crippen LogP contribution is -2.46. The van der Waals surface area contributed by atoms with Crippen molar-refractivity contribution in [1.29, 1.82) is 0 Å². The molecule has 0 saturated heterocycles. The summed E-state index contributed by atoms with van der Waals surface area (Å²) in [6.45, 7) is 2.85. The minimum atomic E-state index is -3.33. The van der Waals surface area contributed by atoms with Gasteiger partial charge in [0, 0.05) is 29.4 Å². The fourth-order valence-corrected chi connectivity index (χ4v) is 9.47. The Bertz CT molecular complexity index is 1960. The Balaban J connectivity index is 1.27. The van der Waals surface area contributed by atoms with E-state index >= 15 is 0 Å². The second-order valence-electron chi connectivity index (χ2n) is 11.4. The van der Waals surface area contributed by atoms with Crippen LogP contribution in [-0.4, -0.2) is 64.2 Å². The monoisotopic (exact) mass is 685 g/mol. The number of aromatic nitrogens is 1. The van der Waals surface area contributed by atoms with Crippen LogP contribution in [0.2, 0.25) is 0 Å². The molecule has 0 aliphatic carbocycles. The van der Waals surface area contributed by atoms with E-state index in [2.05, 4.69) is 34.2 Å². The van der Waals surface area contributed by atoms with E-state index in [1.807, 2.05) is 61.5 Å². The number of nitrogens with two attached hydrogens (primary N) is 1. The Labute approximate surface area is 279 Å². The molecule has 1 aliphatic rings. The van der Waals surface area contributed by atoms with Gasteiger partial charge in [-0.15, -0.1) is 0 Å². The SMILES string of the molecule is CC(CO[SiH](c1ccccc1)c1ccccc1)Oc1cc(Oc2ccc(S(C)(=O)=O)cc2)cc2cc(C3=NCC(CC(N)=O)S3)[nH]c12. The molecule has 2 heterocycles. The van der Waals surface area contributed by atoms with Gasteiger partial charge in [0.25, 0.3) is 0 Å². The summed E-state index contributed by atoms with van der Waals surface area (Å²) in [5, 5.41) is 4.01. The number of hydrogen-bond donors (Lipinski definition) is 2. The van der Waals surface area contributed by atoms with Crippen LogP contribution in [0.25, 0.3) is 10.9 Å². The van der Waals surface area contributed by atoms with Crippen molar-refractivity contribution in [2.45, 2.75) is 29.6 Å². The lowest BCUT2D eigenvalue weighted by molar-refractivity contribution is -0.117. The second-order valence-corrected chi connectivity index (χ2v) is 17.2. The number of carbonyl (C=O) groups is 1. The summed E-state index contributed by atoms with van der Waals surface area (Å²) in [7, 11) is -5.30. The highest BCUT2D eigenvalue weighted by Gasteiger charge is 2.25. The molecule has 4 aromatic carbocycles. The Morgan fingerprint density at radius 2 is 1.64 bits per heavy atom. The molecule has 2 atom stereocenters. The molecule has 2 unspecified atom stereocenters. The van der Waals surface area contributed by atoms with Crippen LogP contribution in [0.5, 0.6) is 17.2 Å². The van der Waals surface area contributed by atoms with Gasteiger partial charge in [-0.05, 0) is 53.7 Å². The predicted octanol–water partition coefficient (Wildman–Crippen LogP) is 4.42. The number of fused-ring (bicyclic) bond motifs is 1. The smallest absolute Gasteiger partial charge is 0.240 e. The lowest BCUT2D eigenvalue weighted by atomic mass is 10.2. The molecule has 1 aromatic heterocycles. The number of nitrogens with zero attached hydrogens (tertiary/aromatic N) is 1. The van der Waals surface area contributed by atoms with E-state index in [-0.39, 0.29) is 28.6 Å². The summed E-state index contributed by atoms with van der Waals surface area (Å²) >= 11 is 1.53.